The van der Waals surface area contributed by atoms with E-state index in [1.54, 1.807) is 26.6 Å². The summed E-state index contributed by atoms with van der Waals surface area (Å²) in [4.78, 5) is 8.68. The Balaban J connectivity index is 1.67. The number of aryl methyl sites for hydroxylation is 2. The molecule has 33 heavy (non-hydrogen) atoms. The summed E-state index contributed by atoms with van der Waals surface area (Å²) in [6.45, 7) is 1.89. The van der Waals surface area contributed by atoms with Gasteiger partial charge in [-0.15, -0.1) is 5.10 Å². The predicted octanol–water partition coefficient (Wildman–Crippen LogP) is 4.76. The molecule has 0 atom stereocenters. The molecule has 172 valence electrons. The number of hydrogen-bond donors (Lipinski definition) is 1. The Morgan fingerprint density at radius 2 is 1.76 bits per heavy atom. The zero-order valence-corrected chi connectivity index (χ0v) is 18.3. The molecule has 2 aromatic heterocycles. The van der Waals surface area contributed by atoms with E-state index < -0.39 is 11.7 Å². The van der Waals surface area contributed by atoms with E-state index in [-0.39, 0.29) is 17.4 Å². The minimum atomic E-state index is -4.49. The van der Waals surface area contributed by atoms with E-state index in [1.165, 1.54) is 17.9 Å². The molecule has 1 N–H and O–H groups in total. The molecule has 0 fully saturated rings. The number of rotatable bonds is 6. The Kier molecular flexibility index (Phi) is 5.71. The second kappa shape index (κ2) is 8.49. The van der Waals surface area contributed by atoms with E-state index in [1.807, 2.05) is 29.8 Å². The van der Waals surface area contributed by atoms with Gasteiger partial charge in [-0.2, -0.15) is 18.2 Å². The van der Waals surface area contributed by atoms with Crippen molar-refractivity contribution in [2.75, 3.05) is 19.5 Å². The lowest BCUT2D eigenvalue weighted by Crippen LogP contribution is -2.07. The Labute approximate surface area is 187 Å². The second-order valence-electron chi connectivity index (χ2n) is 7.23. The van der Waals surface area contributed by atoms with Crippen molar-refractivity contribution in [3.8, 4) is 28.6 Å². The van der Waals surface area contributed by atoms with Crippen LogP contribution in [0.3, 0.4) is 0 Å². The number of benzene rings is 2. The van der Waals surface area contributed by atoms with Gasteiger partial charge in [0.15, 0.2) is 5.82 Å². The molecule has 0 amide bonds. The van der Waals surface area contributed by atoms with Crippen LogP contribution >= 0.6 is 0 Å². The maximum atomic E-state index is 13.2. The van der Waals surface area contributed by atoms with Crippen molar-refractivity contribution in [2.45, 2.75) is 13.1 Å². The molecule has 8 nitrogen and oxygen atoms in total. The van der Waals surface area contributed by atoms with E-state index in [0.717, 1.165) is 23.5 Å². The van der Waals surface area contributed by atoms with Gasteiger partial charge in [0.25, 0.3) is 0 Å². The smallest absolute Gasteiger partial charge is 0.416 e. The van der Waals surface area contributed by atoms with Crippen molar-refractivity contribution in [1.29, 1.82) is 0 Å². The van der Waals surface area contributed by atoms with Gasteiger partial charge in [0.05, 0.1) is 43.2 Å². The largest absolute Gasteiger partial charge is 0.495 e. The van der Waals surface area contributed by atoms with E-state index in [4.69, 9.17) is 9.47 Å². The van der Waals surface area contributed by atoms with E-state index in [0.29, 0.717) is 17.1 Å². The van der Waals surface area contributed by atoms with Crippen LogP contribution < -0.4 is 14.8 Å². The molecule has 0 aliphatic carbocycles. The first-order valence-corrected chi connectivity index (χ1v) is 9.82. The number of imidazole rings is 1. The van der Waals surface area contributed by atoms with Crippen LogP contribution in [-0.4, -0.2) is 38.5 Å². The first kappa shape index (κ1) is 22.2. The van der Waals surface area contributed by atoms with Gasteiger partial charge in [-0.05, 0) is 43.3 Å². The number of anilines is 2. The molecule has 0 unspecified atom stereocenters. The molecule has 11 heteroatoms. The van der Waals surface area contributed by atoms with Crippen LogP contribution in [0.2, 0.25) is 0 Å². The number of alkyl halides is 3. The number of nitrogens with one attached hydrogen (secondary N) is 1. The monoisotopic (exact) mass is 458 g/mol. The van der Waals surface area contributed by atoms with E-state index in [2.05, 4.69) is 20.4 Å². The predicted molar refractivity (Wildman–Crippen MR) is 116 cm³/mol. The quantitative estimate of drug-likeness (QED) is 0.449. The van der Waals surface area contributed by atoms with Gasteiger partial charge >= 0.3 is 6.18 Å². The Morgan fingerprint density at radius 1 is 1.00 bits per heavy atom. The fraction of sp³-hybridized carbons (Fsp3) is 0.227. The van der Waals surface area contributed by atoms with Crippen molar-refractivity contribution < 1.29 is 22.6 Å². The number of halogens is 3. The number of ether oxygens (including phenoxy) is 2. The molecular weight excluding hydrogens is 437 g/mol. The van der Waals surface area contributed by atoms with Gasteiger partial charge in [-0.3, -0.25) is 0 Å². The molecule has 4 rings (SSSR count). The summed E-state index contributed by atoms with van der Waals surface area (Å²) in [6, 6.07) is 8.66. The lowest BCUT2D eigenvalue weighted by Gasteiger charge is -2.13. The minimum absolute atomic E-state index is 0.123. The maximum absolute atomic E-state index is 13.2. The van der Waals surface area contributed by atoms with E-state index >= 15 is 0 Å². The highest BCUT2D eigenvalue weighted by Crippen LogP contribution is 2.36. The fourth-order valence-electron chi connectivity index (χ4n) is 3.30. The first-order valence-electron chi connectivity index (χ1n) is 9.82. The zero-order valence-electron chi connectivity index (χ0n) is 18.3. The maximum Gasteiger partial charge on any atom is 0.416 e. The van der Waals surface area contributed by atoms with Crippen LogP contribution in [0.1, 0.15) is 11.3 Å². The topological polar surface area (TPSA) is 79.0 Å². The zero-order chi connectivity index (χ0) is 23.8. The van der Waals surface area contributed by atoms with Gasteiger partial charge in [0, 0.05) is 18.8 Å². The molecule has 2 aromatic carbocycles. The molecular formula is C22H21F3N6O2. The number of aromatic nitrogens is 5. The van der Waals surface area contributed by atoms with Gasteiger partial charge in [0.1, 0.15) is 11.5 Å². The molecule has 0 saturated heterocycles. The molecule has 0 bridgehead atoms. The van der Waals surface area contributed by atoms with Crippen LogP contribution in [0.5, 0.6) is 11.5 Å². The molecule has 4 aromatic rings. The molecule has 0 aliphatic rings. The highest BCUT2D eigenvalue weighted by atomic mass is 19.4. The van der Waals surface area contributed by atoms with Gasteiger partial charge < -0.3 is 19.4 Å². The third kappa shape index (κ3) is 4.47. The number of hydrogen-bond acceptors (Lipinski definition) is 6. The third-order valence-electron chi connectivity index (χ3n) is 4.96. The summed E-state index contributed by atoms with van der Waals surface area (Å²) >= 11 is 0. The van der Waals surface area contributed by atoms with Crippen molar-refractivity contribution in [1.82, 2.24) is 24.3 Å². The Morgan fingerprint density at radius 3 is 2.39 bits per heavy atom. The molecule has 0 aliphatic heterocycles. The summed E-state index contributed by atoms with van der Waals surface area (Å²) < 4.78 is 53.5. The summed E-state index contributed by atoms with van der Waals surface area (Å²) in [5, 5.41) is 7.27. The lowest BCUT2D eigenvalue weighted by molar-refractivity contribution is -0.137. The van der Waals surface area contributed by atoms with Crippen LogP contribution in [0.15, 0.2) is 48.9 Å². The Hall–Kier alpha value is -4.02. The third-order valence-corrected chi connectivity index (χ3v) is 4.96. The highest BCUT2D eigenvalue weighted by Gasteiger charge is 2.31. The standard InChI is InChI=1S/C22H21F3N6O2/c1-13-11-31(12-26-13)17-7-5-14(9-19(17)33-4)20-28-21(30(2)29-20)27-16-10-15(22(23,24)25)6-8-18(16)32-3/h5-12H,1-4H3,(H,27,28,29). The summed E-state index contributed by atoms with van der Waals surface area (Å²) in [7, 11) is 4.58. The average molecular weight is 458 g/mol. The average Bonchev–Trinajstić information content (AvgIpc) is 3.38. The minimum Gasteiger partial charge on any atom is -0.495 e. The van der Waals surface area contributed by atoms with Crippen LogP contribution in [0.25, 0.3) is 17.1 Å². The van der Waals surface area contributed by atoms with E-state index in [9.17, 15) is 13.2 Å². The molecule has 0 spiro atoms. The van der Waals surface area contributed by atoms with Gasteiger partial charge in [-0.1, -0.05) is 0 Å². The van der Waals surface area contributed by atoms with Crippen LogP contribution in [-0.2, 0) is 13.2 Å². The normalized spacial score (nSPS) is 11.5. The summed E-state index contributed by atoms with van der Waals surface area (Å²) in [6.07, 6.45) is -0.919. The first-order chi connectivity index (χ1) is 15.7. The second-order valence-corrected chi connectivity index (χ2v) is 7.23. The van der Waals surface area contributed by atoms with Crippen molar-refractivity contribution in [3.05, 3.63) is 60.2 Å². The van der Waals surface area contributed by atoms with Crippen LogP contribution in [0, 0.1) is 6.92 Å². The SMILES string of the molecule is COc1ccc(C(F)(F)F)cc1Nc1nc(-c2ccc(-n3cnc(C)c3)c(OC)c2)nn1C. The number of nitrogens with zero attached hydrogens (tertiary/aromatic N) is 5. The van der Waals surface area contributed by atoms with Gasteiger partial charge in [0.2, 0.25) is 5.95 Å². The molecule has 0 radical (unpaired) electrons. The van der Waals surface area contributed by atoms with Gasteiger partial charge in [-0.25, -0.2) is 9.67 Å². The molecule has 2 heterocycles. The number of methoxy groups -OCH3 is 2. The van der Waals surface area contributed by atoms with Crippen molar-refractivity contribution >= 4 is 11.6 Å². The lowest BCUT2D eigenvalue weighted by atomic mass is 10.1. The van der Waals surface area contributed by atoms with Crippen molar-refractivity contribution in [2.24, 2.45) is 7.05 Å². The summed E-state index contributed by atoms with van der Waals surface area (Å²) in [5.74, 6) is 1.45. The highest BCUT2D eigenvalue weighted by molar-refractivity contribution is 5.67. The summed E-state index contributed by atoms with van der Waals surface area (Å²) in [5.41, 5.74) is 1.66. The van der Waals surface area contributed by atoms with Crippen LogP contribution in [0.4, 0.5) is 24.8 Å². The van der Waals surface area contributed by atoms with Crippen molar-refractivity contribution in [3.63, 3.8) is 0 Å². The Bertz CT molecular complexity index is 1300. The fourth-order valence-corrected chi connectivity index (χ4v) is 3.30. The molecule has 0 saturated carbocycles.